The molecular formula is C17H17FN4O2S2. The van der Waals surface area contributed by atoms with Crippen LogP contribution < -0.4 is 0 Å². The predicted molar refractivity (Wildman–Crippen MR) is 97.6 cm³/mol. The van der Waals surface area contributed by atoms with Crippen LogP contribution in [-0.4, -0.2) is 38.8 Å². The van der Waals surface area contributed by atoms with E-state index in [-0.39, 0.29) is 17.5 Å². The van der Waals surface area contributed by atoms with Crippen LogP contribution in [0.1, 0.15) is 22.2 Å². The number of rotatable bonds is 7. The molecule has 0 N–H and O–H groups in total. The van der Waals surface area contributed by atoms with Gasteiger partial charge in [-0.2, -0.15) is 0 Å². The Morgan fingerprint density at radius 2 is 2.08 bits per heavy atom. The summed E-state index contributed by atoms with van der Waals surface area (Å²) in [5.74, 6) is 0.298. The highest BCUT2D eigenvalue weighted by atomic mass is 32.2. The molecule has 0 saturated heterocycles. The summed E-state index contributed by atoms with van der Waals surface area (Å²) in [5.41, 5.74) is 1.76. The lowest BCUT2D eigenvalue weighted by atomic mass is 10.2. The number of aromatic nitrogens is 3. The fraction of sp³-hybridized carbons (Fsp3) is 0.294. The lowest BCUT2D eigenvalue weighted by Gasteiger charge is -2.16. The minimum atomic E-state index is -0.293. The molecule has 9 heteroatoms. The molecule has 2 aromatic heterocycles. The van der Waals surface area contributed by atoms with Crippen molar-refractivity contribution in [2.24, 2.45) is 0 Å². The van der Waals surface area contributed by atoms with E-state index in [1.165, 1.54) is 23.9 Å². The van der Waals surface area contributed by atoms with Gasteiger partial charge in [0, 0.05) is 19.0 Å². The number of halogens is 1. The van der Waals surface area contributed by atoms with Crippen molar-refractivity contribution in [3.63, 3.8) is 0 Å². The first-order chi connectivity index (χ1) is 12.5. The highest BCUT2D eigenvalue weighted by Gasteiger charge is 2.14. The van der Waals surface area contributed by atoms with E-state index in [1.54, 1.807) is 35.4 Å². The number of thioether (sulfide) groups is 1. The zero-order valence-electron chi connectivity index (χ0n) is 14.3. The first-order valence-electron chi connectivity index (χ1n) is 7.84. The fourth-order valence-corrected chi connectivity index (χ4v) is 3.53. The molecule has 2 heterocycles. The zero-order valence-corrected chi connectivity index (χ0v) is 15.9. The van der Waals surface area contributed by atoms with E-state index in [0.717, 1.165) is 16.3 Å². The quantitative estimate of drug-likeness (QED) is 0.575. The number of carbonyl (C=O) groups excluding carboxylic acids is 1. The van der Waals surface area contributed by atoms with Gasteiger partial charge in [-0.3, -0.25) is 4.79 Å². The van der Waals surface area contributed by atoms with Crippen LogP contribution in [0.15, 0.2) is 39.3 Å². The number of carbonyl (C=O) groups is 1. The van der Waals surface area contributed by atoms with Crippen molar-refractivity contribution < 1.29 is 13.6 Å². The highest BCUT2D eigenvalue weighted by Crippen LogP contribution is 2.19. The summed E-state index contributed by atoms with van der Waals surface area (Å²) >= 11 is 2.77. The van der Waals surface area contributed by atoms with Crippen LogP contribution in [0, 0.1) is 12.7 Å². The zero-order chi connectivity index (χ0) is 18.5. The van der Waals surface area contributed by atoms with E-state index in [9.17, 15) is 9.18 Å². The predicted octanol–water partition coefficient (Wildman–Crippen LogP) is 3.32. The van der Waals surface area contributed by atoms with Gasteiger partial charge in [0.15, 0.2) is 0 Å². The Balaban J connectivity index is 1.48. The van der Waals surface area contributed by atoms with Crippen LogP contribution in [0.2, 0.25) is 0 Å². The molecule has 0 spiro atoms. The van der Waals surface area contributed by atoms with Gasteiger partial charge in [-0.15, -0.1) is 21.5 Å². The standard InChI is InChI=1S/C17H17FN4O2S2/c1-11-19-14(9-25-11)7-15-20-21-17(24-15)26-10-16(23)22(2)8-12-3-5-13(18)6-4-12/h3-6,9H,7-8,10H2,1-2H3. The number of hydrogen-bond donors (Lipinski definition) is 0. The Morgan fingerprint density at radius 3 is 2.77 bits per heavy atom. The summed E-state index contributed by atoms with van der Waals surface area (Å²) in [7, 11) is 1.70. The Labute approximate surface area is 158 Å². The van der Waals surface area contributed by atoms with E-state index in [0.29, 0.717) is 24.1 Å². The molecule has 136 valence electrons. The SMILES string of the molecule is Cc1nc(Cc2nnc(SCC(=O)N(C)Cc3ccc(F)cc3)o2)cs1. The number of benzene rings is 1. The van der Waals surface area contributed by atoms with E-state index < -0.39 is 0 Å². The molecule has 0 aliphatic heterocycles. The third-order valence-corrected chi connectivity index (χ3v) is 5.15. The molecule has 0 aliphatic carbocycles. The molecule has 0 atom stereocenters. The molecule has 0 radical (unpaired) electrons. The average Bonchev–Trinajstić information content (AvgIpc) is 3.24. The third kappa shape index (κ3) is 5.12. The van der Waals surface area contributed by atoms with E-state index in [2.05, 4.69) is 15.2 Å². The van der Waals surface area contributed by atoms with Gasteiger partial charge in [-0.05, 0) is 24.6 Å². The first-order valence-corrected chi connectivity index (χ1v) is 9.70. The number of thiazole rings is 1. The second-order valence-electron chi connectivity index (χ2n) is 5.66. The van der Waals surface area contributed by atoms with Crippen molar-refractivity contribution in [2.75, 3.05) is 12.8 Å². The molecule has 26 heavy (non-hydrogen) atoms. The first kappa shape index (κ1) is 18.5. The highest BCUT2D eigenvalue weighted by molar-refractivity contribution is 7.99. The third-order valence-electron chi connectivity index (χ3n) is 3.53. The molecule has 1 amide bonds. The van der Waals surface area contributed by atoms with Gasteiger partial charge < -0.3 is 9.32 Å². The Hall–Kier alpha value is -2.26. The fourth-order valence-electron chi connectivity index (χ4n) is 2.20. The summed E-state index contributed by atoms with van der Waals surface area (Å²) in [5, 5.41) is 11.2. The molecule has 3 aromatic rings. The molecule has 3 rings (SSSR count). The number of aryl methyl sites for hydroxylation is 1. The van der Waals surface area contributed by atoms with Crippen molar-refractivity contribution in [2.45, 2.75) is 25.1 Å². The lowest BCUT2D eigenvalue weighted by Crippen LogP contribution is -2.27. The number of nitrogens with zero attached hydrogens (tertiary/aromatic N) is 4. The average molecular weight is 392 g/mol. The number of hydrogen-bond acceptors (Lipinski definition) is 7. The topological polar surface area (TPSA) is 72.1 Å². The molecule has 0 saturated carbocycles. The van der Waals surface area contributed by atoms with Gasteiger partial charge in [0.1, 0.15) is 5.82 Å². The summed E-state index contributed by atoms with van der Waals surface area (Å²) in [4.78, 5) is 18.2. The Bertz CT molecular complexity index is 879. The van der Waals surface area contributed by atoms with Gasteiger partial charge >= 0.3 is 0 Å². The lowest BCUT2D eigenvalue weighted by molar-refractivity contribution is -0.127. The molecule has 0 unspecified atom stereocenters. The van der Waals surface area contributed by atoms with Gasteiger partial charge in [0.25, 0.3) is 5.22 Å². The Morgan fingerprint density at radius 1 is 1.31 bits per heavy atom. The largest absolute Gasteiger partial charge is 0.416 e. The van der Waals surface area contributed by atoms with Gasteiger partial charge in [-0.1, -0.05) is 23.9 Å². The van der Waals surface area contributed by atoms with Crippen molar-refractivity contribution in [3.05, 3.63) is 57.6 Å². The summed E-state index contributed by atoms with van der Waals surface area (Å²) < 4.78 is 18.5. The normalized spacial score (nSPS) is 10.9. The van der Waals surface area contributed by atoms with Crippen LogP contribution in [0.4, 0.5) is 4.39 Å². The van der Waals surface area contributed by atoms with Gasteiger partial charge in [0.05, 0.1) is 22.9 Å². The Kier molecular flexibility index (Phi) is 6.00. The van der Waals surface area contributed by atoms with Crippen LogP contribution in [0.3, 0.4) is 0 Å². The molecule has 6 nitrogen and oxygen atoms in total. The van der Waals surface area contributed by atoms with Gasteiger partial charge in [-0.25, -0.2) is 9.37 Å². The second kappa shape index (κ2) is 8.41. The minimum absolute atomic E-state index is 0.0748. The summed E-state index contributed by atoms with van der Waals surface area (Å²) in [6.07, 6.45) is 0.482. The molecule has 1 aromatic carbocycles. The van der Waals surface area contributed by atoms with Crippen LogP contribution in [0.25, 0.3) is 0 Å². The van der Waals surface area contributed by atoms with Gasteiger partial charge in [0.2, 0.25) is 11.8 Å². The molecule has 0 bridgehead atoms. The van der Waals surface area contributed by atoms with Crippen molar-refractivity contribution >= 4 is 29.0 Å². The monoisotopic (exact) mass is 392 g/mol. The maximum absolute atomic E-state index is 12.9. The second-order valence-corrected chi connectivity index (χ2v) is 7.65. The van der Waals surface area contributed by atoms with Crippen molar-refractivity contribution in [3.8, 4) is 0 Å². The van der Waals surface area contributed by atoms with Crippen LogP contribution in [-0.2, 0) is 17.8 Å². The van der Waals surface area contributed by atoms with Crippen molar-refractivity contribution in [1.82, 2.24) is 20.1 Å². The molecule has 0 fully saturated rings. The number of amides is 1. The van der Waals surface area contributed by atoms with Crippen molar-refractivity contribution in [1.29, 1.82) is 0 Å². The van der Waals surface area contributed by atoms with E-state index in [1.807, 2.05) is 12.3 Å². The summed E-state index contributed by atoms with van der Waals surface area (Å²) in [6.45, 7) is 2.36. The van der Waals surface area contributed by atoms with E-state index >= 15 is 0 Å². The molecular weight excluding hydrogens is 375 g/mol. The maximum atomic E-state index is 12.9. The summed E-state index contributed by atoms with van der Waals surface area (Å²) in [6, 6.07) is 6.09. The smallest absolute Gasteiger partial charge is 0.277 e. The minimum Gasteiger partial charge on any atom is -0.416 e. The van der Waals surface area contributed by atoms with E-state index in [4.69, 9.17) is 4.42 Å². The van der Waals surface area contributed by atoms with Crippen LogP contribution in [0.5, 0.6) is 0 Å². The molecule has 0 aliphatic rings. The maximum Gasteiger partial charge on any atom is 0.277 e. The van der Waals surface area contributed by atoms with Crippen LogP contribution >= 0.6 is 23.1 Å².